The summed E-state index contributed by atoms with van der Waals surface area (Å²) < 4.78 is 5.58. The number of anilines is 2. The number of amides is 1. The summed E-state index contributed by atoms with van der Waals surface area (Å²) in [6.45, 7) is 4.08. The molecule has 8 nitrogen and oxygen atoms in total. The van der Waals surface area contributed by atoms with Crippen LogP contribution in [0.1, 0.15) is 16.7 Å². The van der Waals surface area contributed by atoms with Gasteiger partial charge in [-0.1, -0.05) is 59.0 Å². The number of nitrogens with one attached hydrogen (secondary N) is 3. The first-order chi connectivity index (χ1) is 16.4. The molecular formula is C24H25N5O3S2. The number of thioether (sulfide) groups is 1. The van der Waals surface area contributed by atoms with E-state index in [9.17, 15) is 9.59 Å². The van der Waals surface area contributed by atoms with Gasteiger partial charge in [0.25, 0.3) is 0 Å². The Morgan fingerprint density at radius 3 is 2.79 bits per heavy atom. The first-order valence-electron chi connectivity index (χ1n) is 10.7. The molecule has 10 heteroatoms. The highest BCUT2D eigenvalue weighted by molar-refractivity contribution is 8.01. The minimum Gasteiger partial charge on any atom is -0.467 e. The number of rotatable bonds is 9. The van der Waals surface area contributed by atoms with Crippen LogP contribution >= 0.6 is 23.1 Å². The second-order valence-electron chi connectivity index (χ2n) is 7.81. The molecule has 0 bridgehead atoms. The predicted molar refractivity (Wildman–Crippen MR) is 136 cm³/mol. The number of aromatic amines is 1. The zero-order valence-electron chi connectivity index (χ0n) is 19.0. The van der Waals surface area contributed by atoms with Crippen LogP contribution in [0.4, 0.5) is 10.8 Å². The van der Waals surface area contributed by atoms with Crippen LogP contribution in [0, 0.1) is 13.8 Å². The van der Waals surface area contributed by atoms with Crippen molar-refractivity contribution < 1.29 is 14.3 Å². The van der Waals surface area contributed by atoms with Crippen molar-refractivity contribution in [2.75, 3.05) is 18.2 Å². The number of hydrogen-bond acceptors (Lipinski definition) is 8. The quantitative estimate of drug-likeness (QED) is 0.234. The molecule has 1 amide bonds. The Bertz CT molecular complexity index is 1320. The number of nitrogens with zero attached hydrogens (tertiary/aromatic N) is 2. The number of H-pyrrole nitrogens is 1. The maximum atomic E-state index is 12.6. The van der Waals surface area contributed by atoms with Crippen molar-refractivity contribution in [3.8, 4) is 0 Å². The van der Waals surface area contributed by atoms with E-state index < -0.39 is 12.0 Å². The van der Waals surface area contributed by atoms with Crippen LogP contribution in [0.2, 0.25) is 0 Å². The summed E-state index contributed by atoms with van der Waals surface area (Å²) in [5, 5.41) is 16.0. The highest BCUT2D eigenvalue weighted by Crippen LogP contribution is 2.29. The lowest BCUT2D eigenvalue weighted by atomic mass is 10.0. The van der Waals surface area contributed by atoms with Crippen molar-refractivity contribution in [2.45, 2.75) is 30.6 Å². The Morgan fingerprint density at radius 1 is 1.18 bits per heavy atom. The smallest absolute Gasteiger partial charge is 0.328 e. The number of ether oxygens (including phenoxy) is 1. The van der Waals surface area contributed by atoms with Crippen LogP contribution < -0.4 is 10.6 Å². The normalized spacial score (nSPS) is 11.9. The van der Waals surface area contributed by atoms with Gasteiger partial charge in [0.2, 0.25) is 11.0 Å². The van der Waals surface area contributed by atoms with Crippen molar-refractivity contribution in [3.05, 3.63) is 65.4 Å². The molecule has 2 aromatic heterocycles. The van der Waals surface area contributed by atoms with E-state index >= 15 is 0 Å². The van der Waals surface area contributed by atoms with Gasteiger partial charge in [-0.25, -0.2) is 4.79 Å². The van der Waals surface area contributed by atoms with Gasteiger partial charge in [-0.3, -0.25) is 4.79 Å². The highest BCUT2D eigenvalue weighted by atomic mass is 32.2. The number of hydrogen-bond donors (Lipinski definition) is 3. The van der Waals surface area contributed by atoms with Gasteiger partial charge < -0.3 is 20.4 Å². The second-order valence-corrected chi connectivity index (χ2v) is 10.0. The van der Waals surface area contributed by atoms with Gasteiger partial charge in [-0.15, -0.1) is 10.2 Å². The van der Waals surface area contributed by atoms with Crippen LogP contribution in [0.5, 0.6) is 0 Å². The molecule has 3 N–H and O–H groups in total. The van der Waals surface area contributed by atoms with Crippen molar-refractivity contribution in [1.82, 2.24) is 20.5 Å². The number of aryl methyl sites for hydroxylation is 2. The maximum absolute atomic E-state index is 12.6. The molecule has 176 valence electrons. The van der Waals surface area contributed by atoms with E-state index in [4.69, 9.17) is 4.74 Å². The van der Waals surface area contributed by atoms with Gasteiger partial charge in [0.1, 0.15) is 6.04 Å². The summed E-state index contributed by atoms with van der Waals surface area (Å²) in [4.78, 5) is 28.1. The van der Waals surface area contributed by atoms with E-state index in [0.29, 0.717) is 15.9 Å². The van der Waals surface area contributed by atoms with E-state index in [2.05, 4.69) is 31.9 Å². The molecule has 0 aliphatic carbocycles. The van der Waals surface area contributed by atoms with Crippen molar-refractivity contribution in [3.63, 3.8) is 0 Å². The summed E-state index contributed by atoms with van der Waals surface area (Å²) in [6, 6.07) is 13.2. The molecule has 2 aromatic carbocycles. The fourth-order valence-corrected chi connectivity index (χ4v) is 5.18. The van der Waals surface area contributed by atoms with E-state index in [1.54, 1.807) is 0 Å². The average Bonchev–Trinajstić information content (AvgIpc) is 3.45. The third kappa shape index (κ3) is 5.75. The highest BCUT2D eigenvalue weighted by Gasteiger charge is 2.23. The molecule has 0 fully saturated rings. The molecule has 0 radical (unpaired) electrons. The van der Waals surface area contributed by atoms with Gasteiger partial charge in [0.15, 0.2) is 4.34 Å². The summed E-state index contributed by atoms with van der Waals surface area (Å²) >= 11 is 2.64. The summed E-state index contributed by atoms with van der Waals surface area (Å²) in [7, 11) is 1.32. The van der Waals surface area contributed by atoms with E-state index in [-0.39, 0.29) is 11.7 Å². The SMILES string of the molecule is COC(=O)[C@@H](Cc1c[nH]c2ccccc12)NC(=O)CSc1nnc(Nc2ccc(C)cc2C)s1. The van der Waals surface area contributed by atoms with Gasteiger partial charge in [-0.2, -0.15) is 0 Å². The fraction of sp³-hybridized carbons (Fsp3) is 0.250. The Labute approximate surface area is 205 Å². The second kappa shape index (κ2) is 10.7. The third-order valence-corrected chi connectivity index (χ3v) is 7.25. The number of carbonyl (C=O) groups excluding carboxylic acids is 2. The molecule has 2 heterocycles. The number of fused-ring (bicyclic) bond motifs is 1. The third-order valence-electron chi connectivity index (χ3n) is 5.28. The minimum atomic E-state index is -0.784. The molecule has 34 heavy (non-hydrogen) atoms. The average molecular weight is 496 g/mol. The molecule has 4 aromatic rings. The number of aromatic nitrogens is 3. The van der Waals surface area contributed by atoms with E-state index in [1.807, 2.05) is 56.4 Å². The Kier molecular flexibility index (Phi) is 7.49. The number of benzene rings is 2. The lowest BCUT2D eigenvalue weighted by molar-refractivity contribution is -0.144. The van der Waals surface area contributed by atoms with Crippen molar-refractivity contribution >= 4 is 56.7 Å². The van der Waals surface area contributed by atoms with Crippen LogP contribution in [-0.2, 0) is 20.7 Å². The summed E-state index contributed by atoms with van der Waals surface area (Å²) in [6.07, 6.45) is 2.18. The molecule has 1 atom stereocenters. The van der Waals surface area contributed by atoms with Gasteiger partial charge in [-0.05, 0) is 37.1 Å². The van der Waals surface area contributed by atoms with Crippen LogP contribution in [0.15, 0.2) is 53.0 Å². The van der Waals surface area contributed by atoms with Gasteiger partial charge >= 0.3 is 5.97 Å². The van der Waals surface area contributed by atoms with Gasteiger partial charge in [0.05, 0.1) is 12.9 Å². The van der Waals surface area contributed by atoms with E-state index in [1.165, 1.54) is 35.8 Å². The summed E-state index contributed by atoms with van der Waals surface area (Å²) in [5.74, 6) is -0.654. The molecular weight excluding hydrogens is 470 g/mol. The Balaban J connectivity index is 1.34. The Hall–Kier alpha value is -3.37. The molecule has 0 spiro atoms. The topological polar surface area (TPSA) is 109 Å². The fourth-order valence-electron chi connectivity index (χ4n) is 3.61. The molecule has 4 rings (SSSR count). The monoisotopic (exact) mass is 495 g/mol. The van der Waals surface area contributed by atoms with Crippen molar-refractivity contribution in [2.24, 2.45) is 0 Å². The lowest BCUT2D eigenvalue weighted by Crippen LogP contribution is -2.43. The Morgan fingerprint density at radius 2 is 2.00 bits per heavy atom. The number of methoxy groups -OCH3 is 1. The maximum Gasteiger partial charge on any atom is 0.328 e. The zero-order chi connectivity index (χ0) is 24.1. The van der Waals surface area contributed by atoms with Crippen molar-refractivity contribution in [1.29, 1.82) is 0 Å². The first kappa shape index (κ1) is 23.8. The number of para-hydroxylation sites is 1. The number of esters is 1. The standard InChI is InChI=1S/C24H25N5O3S2/c1-14-8-9-18(15(2)10-14)27-23-28-29-24(34-23)33-13-21(30)26-20(22(31)32-3)11-16-12-25-19-7-5-4-6-17(16)19/h4-10,12,20,25H,11,13H2,1-3H3,(H,26,30)(H,27,28)/t20-/m1/s1. The predicted octanol–water partition coefficient (Wildman–Crippen LogP) is 4.37. The first-order valence-corrected chi connectivity index (χ1v) is 12.5. The van der Waals surface area contributed by atoms with Crippen LogP contribution in [0.3, 0.4) is 0 Å². The zero-order valence-corrected chi connectivity index (χ0v) is 20.7. The largest absolute Gasteiger partial charge is 0.467 e. The lowest BCUT2D eigenvalue weighted by Gasteiger charge is -2.16. The molecule has 0 aliphatic rings. The molecule has 0 unspecified atom stereocenters. The molecule has 0 saturated carbocycles. The summed E-state index contributed by atoms with van der Waals surface area (Å²) in [5.41, 5.74) is 5.19. The van der Waals surface area contributed by atoms with E-state index in [0.717, 1.165) is 27.7 Å². The molecule has 0 aliphatic heterocycles. The number of carbonyl (C=O) groups is 2. The van der Waals surface area contributed by atoms with Crippen LogP contribution in [0.25, 0.3) is 10.9 Å². The van der Waals surface area contributed by atoms with Gasteiger partial charge in [0, 0.05) is 29.2 Å². The molecule has 0 saturated heterocycles. The van der Waals surface area contributed by atoms with Crippen LogP contribution in [-0.4, -0.2) is 46.0 Å². The minimum absolute atomic E-state index is 0.111.